The summed E-state index contributed by atoms with van der Waals surface area (Å²) in [6.45, 7) is 2.06. The van der Waals surface area contributed by atoms with Crippen LogP contribution in [0.25, 0.3) is 28.2 Å². The monoisotopic (exact) mass is 376 g/mol. The lowest BCUT2D eigenvalue weighted by atomic mass is 10.2. The van der Waals surface area contributed by atoms with Gasteiger partial charge in [0.25, 0.3) is 0 Å². The number of alkyl halides is 3. The lowest BCUT2D eigenvalue weighted by Crippen LogP contribution is -2.05. The van der Waals surface area contributed by atoms with Crippen molar-refractivity contribution in [3.05, 3.63) is 48.3 Å². The molecular weight excluding hydrogens is 361 g/mol. The summed E-state index contributed by atoms with van der Waals surface area (Å²) in [5, 5.41) is 0. The highest BCUT2D eigenvalue weighted by atomic mass is 32.2. The molecule has 0 N–H and O–H groups in total. The van der Waals surface area contributed by atoms with Crippen LogP contribution in [0.15, 0.2) is 47.6 Å². The van der Waals surface area contributed by atoms with E-state index in [1.54, 1.807) is 23.4 Å². The van der Waals surface area contributed by atoms with Crippen LogP contribution in [0.5, 0.6) is 0 Å². The Bertz CT molecular complexity index is 1110. The van der Waals surface area contributed by atoms with Crippen molar-refractivity contribution >= 4 is 28.4 Å². The van der Waals surface area contributed by atoms with Crippen LogP contribution in [0.1, 0.15) is 12.5 Å². The Kier molecular flexibility index (Phi) is 3.95. The summed E-state index contributed by atoms with van der Waals surface area (Å²) in [7, 11) is 1.77. The summed E-state index contributed by atoms with van der Waals surface area (Å²) < 4.78 is 42.7. The molecule has 0 spiro atoms. The molecule has 4 nitrogen and oxygen atoms in total. The predicted molar refractivity (Wildman–Crippen MR) is 96.3 cm³/mol. The van der Waals surface area contributed by atoms with Crippen molar-refractivity contribution in [3.63, 3.8) is 0 Å². The zero-order valence-electron chi connectivity index (χ0n) is 14.1. The average Bonchev–Trinajstić information content (AvgIpc) is 3.11. The number of rotatable bonds is 3. The van der Waals surface area contributed by atoms with Crippen LogP contribution in [-0.2, 0) is 13.2 Å². The Morgan fingerprint density at radius 3 is 2.73 bits per heavy atom. The van der Waals surface area contributed by atoms with E-state index in [-0.39, 0.29) is 5.52 Å². The molecule has 0 fully saturated rings. The lowest BCUT2D eigenvalue weighted by Gasteiger charge is -2.06. The third-order valence-corrected chi connectivity index (χ3v) is 5.10. The Morgan fingerprint density at radius 2 is 2.00 bits per heavy atom. The summed E-state index contributed by atoms with van der Waals surface area (Å²) in [5.41, 5.74) is 1.73. The number of thioether (sulfide) groups is 1. The molecule has 0 saturated carbocycles. The maximum absolute atomic E-state index is 13.0. The van der Waals surface area contributed by atoms with E-state index < -0.39 is 11.7 Å². The fraction of sp³-hybridized carbons (Fsp3) is 0.222. The zero-order valence-corrected chi connectivity index (χ0v) is 14.9. The maximum Gasteiger partial charge on any atom is 0.417 e. The summed E-state index contributed by atoms with van der Waals surface area (Å²) in [6.07, 6.45) is -1.66. The minimum absolute atomic E-state index is 0.232. The van der Waals surface area contributed by atoms with E-state index in [4.69, 9.17) is 0 Å². The van der Waals surface area contributed by atoms with Crippen molar-refractivity contribution in [2.24, 2.45) is 7.05 Å². The molecule has 4 rings (SSSR count). The molecule has 134 valence electrons. The number of hydrogen-bond donors (Lipinski definition) is 0. The third kappa shape index (κ3) is 2.65. The number of imidazole rings is 1. The van der Waals surface area contributed by atoms with Crippen LogP contribution >= 0.6 is 11.8 Å². The third-order valence-electron chi connectivity index (χ3n) is 4.19. The predicted octanol–water partition coefficient (Wildman–Crippen LogP) is 5.02. The average molecular weight is 376 g/mol. The van der Waals surface area contributed by atoms with Gasteiger partial charge < -0.3 is 8.97 Å². The molecular formula is C18H15F3N4S. The Morgan fingerprint density at radius 1 is 1.19 bits per heavy atom. The smallest absolute Gasteiger partial charge is 0.313 e. The van der Waals surface area contributed by atoms with Gasteiger partial charge in [-0.15, -0.1) is 11.8 Å². The van der Waals surface area contributed by atoms with Gasteiger partial charge in [-0.1, -0.05) is 13.0 Å². The van der Waals surface area contributed by atoms with Crippen LogP contribution in [0.3, 0.4) is 0 Å². The molecule has 0 aliphatic heterocycles. The lowest BCUT2D eigenvalue weighted by molar-refractivity contribution is -0.137. The molecule has 0 bridgehead atoms. The van der Waals surface area contributed by atoms with Gasteiger partial charge in [-0.05, 0) is 30.0 Å². The van der Waals surface area contributed by atoms with Gasteiger partial charge in [-0.3, -0.25) is 0 Å². The topological polar surface area (TPSA) is 35.1 Å². The fourth-order valence-corrected chi connectivity index (χ4v) is 3.87. The van der Waals surface area contributed by atoms with Gasteiger partial charge in [-0.2, -0.15) is 13.2 Å². The first-order valence-electron chi connectivity index (χ1n) is 8.03. The van der Waals surface area contributed by atoms with Gasteiger partial charge in [0.15, 0.2) is 11.5 Å². The molecule has 0 amide bonds. The highest BCUT2D eigenvalue weighted by molar-refractivity contribution is 7.99. The minimum Gasteiger partial charge on any atom is -0.313 e. The summed E-state index contributed by atoms with van der Waals surface area (Å²) in [5.74, 6) is 1.47. The zero-order chi connectivity index (χ0) is 18.5. The molecule has 0 aliphatic carbocycles. The molecule has 0 unspecified atom stereocenters. The molecule has 0 radical (unpaired) electrons. The fourth-order valence-electron chi connectivity index (χ4n) is 3.03. The van der Waals surface area contributed by atoms with E-state index in [9.17, 15) is 13.2 Å². The van der Waals surface area contributed by atoms with Crippen molar-refractivity contribution in [2.75, 3.05) is 5.75 Å². The Hall–Kier alpha value is -2.48. The summed E-state index contributed by atoms with van der Waals surface area (Å²) in [6, 6.07) is 8.97. The van der Waals surface area contributed by atoms with Crippen molar-refractivity contribution in [1.29, 1.82) is 0 Å². The number of fused-ring (bicyclic) bond motifs is 2. The van der Waals surface area contributed by atoms with Gasteiger partial charge in [0.2, 0.25) is 0 Å². The maximum atomic E-state index is 13.0. The first kappa shape index (κ1) is 17.0. The molecule has 8 heteroatoms. The number of halogens is 3. The van der Waals surface area contributed by atoms with Crippen molar-refractivity contribution in [2.45, 2.75) is 18.0 Å². The van der Waals surface area contributed by atoms with Crippen LogP contribution in [0, 0.1) is 0 Å². The van der Waals surface area contributed by atoms with E-state index in [2.05, 4.69) is 23.0 Å². The highest BCUT2D eigenvalue weighted by Gasteiger charge is 2.32. The SMILES string of the molecule is CCSc1cc2ccccn2c1-c1nc2cc(C(F)(F)F)cnc2n1C. The summed E-state index contributed by atoms with van der Waals surface area (Å²) >= 11 is 1.67. The number of nitrogens with zero attached hydrogens (tertiary/aromatic N) is 4. The second-order valence-corrected chi connectivity index (χ2v) is 7.15. The van der Waals surface area contributed by atoms with Gasteiger partial charge >= 0.3 is 6.18 Å². The number of aromatic nitrogens is 4. The van der Waals surface area contributed by atoms with Gasteiger partial charge in [0, 0.05) is 29.9 Å². The quantitative estimate of drug-likeness (QED) is 0.471. The number of aryl methyl sites for hydroxylation is 1. The van der Waals surface area contributed by atoms with Crippen molar-refractivity contribution in [1.82, 2.24) is 18.9 Å². The molecule has 4 aromatic rings. The van der Waals surface area contributed by atoms with Crippen molar-refractivity contribution in [3.8, 4) is 11.5 Å². The second kappa shape index (κ2) is 6.05. The van der Waals surface area contributed by atoms with E-state index in [0.29, 0.717) is 11.5 Å². The molecule has 26 heavy (non-hydrogen) atoms. The van der Waals surface area contributed by atoms with Crippen LogP contribution in [0.2, 0.25) is 0 Å². The van der Waals surface area contributed by atoms with E-state index in [0.717, 1.165) is 34.1 Å². The van der Waals surface area contributed by atoms with E-state index in [1.165, 1.54) is 0 Å². The first-order valence-corrected chi connectivity index (χ1v) is 9.01. The first-order chi connectivity index (χ1) is 12.4. The van der Waals surface area contributed by atoms with Gasteiger partial charge in [0.1, 0.15) is 11.2 Å². The second-order valence-electron chi connectivity index (χ2n) is 5.84. The minimum atomic E-state index is -4.44. The standard InChI is InChI=1S/C18H15F3N4S/c1-3-26-14-9-12-6-4-5-7-25(12)15(14)17-23-13-8-11(18(19,20)21)10-22-16(13)24(17)2/h4-10H,3H2,1-2H3. The molecule has 0 saturated heterocycles. The summed E-state index contributed by atoms with van der Waals surface area (Å²) in [4.78, 5) is 9.52. The largest absolute Gasteiger partial charge is 0.417 e. The normalized spacial score (nSPS) is 12.3. The number of hydrogen-bond acceptors (Lipinski definition) is 3. The van der Waals surface area contributed by atoms with Crippen LogP contribution in [0.4, 0.5) is 13.2 Å². The Labute approximate surface area is 151 Å². The highest BCUT2D eigenvalue weighted by Crippen LogP contribution is 2.36. The van der Waals surface area contributed by atoms with Gasteiger partial charge in [-0.25, -0.2) is 9.97 Å². The van der Waals surface area contributed by atoms with E-state index in [1.807, 2.05) is 28.8 Å². The van der Waals surface area contributed by atoms with Crippen LogP contribution < -0.4 is 0 Å². The molecule has 4 heterocycles. The molecule has 0 aliphatic rings. The molecule has 4 aromatic heterocycles. The number of pyridine rings is 2. The molecule has 0 aromatic carbocycles. The molecule has 0 atom stereocenters. The van der Waals surface area contributed by atoms with Gasteiger partial charge in [0.05, 0.1) is 5.56 Å². The van der Waals surface area contributed by atoms with E-state index >= 15 is 0 Å². The van der Waals surface area contributed by atoms with Crippen LogP contribution in [-0.4, -0.2) is 24.7 Å². The van der Waals surface area contributed by atoms with Crippen molar-refractivity contribution < 1.29 is 13.2 Å². The Balaban J connectivity index is 1.99.